The number of nitrogens with zero attached hydrogens (tertiary/aromatic N) is 3. The van der Waals surface area contributed by atoms with Gasteiger partial charge in [0.05, 0.1) is 23.5 Å². The minimum Gasteiger partial charge on any atom is -0.493 e. The van der Waals surface area contributed by atoms with Crippen LogP contribution in [0.1, 0.15) is 62.8 Å². The highest BCUT2D eigenvalue weighted by molar-refractivity contribution is 6.30. The number of allylic oxidation sites excluding steroid dienone is 1. The van der Waals surface area contributed by atoms with Gasteiger partial charge in [0.1, 0.15) is 0 Å². The standard InChI is InChI=1S/C30H33ClF3N3O3/c1-4-5-9-14-36-21-13-12-17(31)15-20(21)29(2,3)22(36)16-19-25(38)23(26(19)39)24-27(30(32,33)34)35-37(28(24)40)18-10-7-6-8-11-18/h6-8,10-13,15-16,19,23,25-26,38-40H,4-5,9,14H2,1-3H3. The van der Waals surface area contributed by atoms with E-state index >= 15 is 0 Å². The zero-order valence-electron chi connectivity index (χ0n) is 22.5. The lowest BCUT2D eigenvalue weighted by atomic mass is 9.64. The Hall–Kier alpha value is -3.01. The monoisotopic (exact) mass is 575 g/mol. The molecule has 0 bridgehead atoms. The van der Waals surface area contributed by atoms with Crippen molar-refractivity contribution < 1.29 is 28.5 Å². The number of fused-ring (bicyclic) bond motifs is 1. The number of aromatic nitrogens is 2. The van der Waals surface area contributed by atoms with Crippen LogP contribution in [0.2, 0.25) is 5.02 Å². The van der Waals surface area contributed by atoms with Gasteiger partial charge in [-0.3, -0.25) is 0 Å². The van der Waals surface area contributed by atoms with Gasteiger partial charge in [-0.15, -0.1) is 0 Å². The van der Waals surface area contributed by atoms with E-state index in [4.69, 9.17) is 11.6 Å². The number of aliphatic hydroxyl groups is 2. The Kier molecular flexibility index (Phi) is 7.44. The third-order valence-electron chi connectivity index (χ3n) is 8.21. The fourth-order valence-electron chi connectivity index (χ4n) is 6.05. The van der Waals surface area contributed by atoms with Crippen LogP contribution < -0.4 is 4.90 Å². The molecule has 2 aromatic carbocycles. The molecule has 0 amide bonds. The molecule has 3 aromatic rings. The highest BCUT2D eigenvalue weighted by Crippen LogP contribution is 2.54. The molecule has 0 saturated heterocycles. The van der Waals surface area contributed by atoms with E-state index in [1.807, 2.05) is 32.0 Å². The van der Waals surface area contributed by atoms with Crippen molar-refractivity contribution in [3.05, 3.63) is 82.1 Å². The zero-order chi connectivity index (χ0) is 29.0. The molecule has 0 radical (unpaired) electrons. The minimum atomic E-state index is -4.90. The summed E-state index contributed by atoms with van der Waals surface area (Å²) < 4.78 is 43.0. The van der Waals surface area contributed by atoms with E-state index in [1.165, 1.54) is 12.1 Å². The van der Waals surface area contributed by atoms with Crippen LogP contribution in [0.4, 0.5) is 18.9 Å². The maximum Gasteiger partial charge on any atom is 0.435 e. The quantitative estimate of drug-likeness (QED) is 0.278. The van der Waals surface area contributed by atoms with Crippen molar-refractivity contribution in [2.75, 3.05) is 11.4 Å². The van der Waals surface area contributed by atoms with Crippen LogP contribution in [-0.2, 0) is 11.6 Å². The predicted molar refractivity (Wildman–Crippen MR) is 148 cm³/mol. The van der Waals surface area contributed by atoms with Gasteiger partial charge < -0.3 is 20.2 Å². The highest BCUT2D eigenvalue weighted by Gasteiger charge is 2.55. The summed E-state index contributed by atoms with van der Waals surface area (Å²) >= 11 is 6.32. The third-order valence-corrected chi connectivity index (χ3v) is 8.45. The second-order valence-electron chi connectivity index (χ2n) is 11.1. The average molecular weight is 576 g/mol. The normalized spacial score (nSPS) is 24.8. The number of alkyl halides is 3. The molecule has 2 heterocycles. The van der Waals surface area contributed by atoms with Crippen LogP contribution in [-0.4, -0.2) is 43.9 Å². The second-order valence-corrected chi connectivity index (χ2v) is 11.5. The van der Waals surface area contributed by atoms with E-state index in [2.05, 4.69) is 16.9 Å². The molecular weight excluding hydrogens is 543 g/mol. The number of aromatic hydroxyl groups is 1. The molecular formula is C30H33ClF3N3O3. The molecule has 2 atom stereocenters. The van der Waals surface area contributed by atoms with Gasteiger partial charge in [-0.1, -0.05) is 69.5 Å². The molecule has 1 aliphatic heterocycles. The number of para-hydroxylation sites is 1. The smallest absolute Gasteiger partial charge is 0.435 e. The van der Waals surface area contributed by atoms with Crippen LogP contribution in [0, 0.1) is 5.92 Å². The number of aliphatic hydroxyl groups excluding tert-OH is 2. The lowest BCUT2D eigenvalue weighted by Crippen LogP contribution is -2.53. The van der Waals surface area contributed by atoms with Gasteiger partial charge in [0.15, 0.2) is 5.69 Å². The third kappa shape index (κ3) is 4.67. The number of rotatable bonds is 7. The summed E-state index contributed by atoms with van der Waals surface area (Å²) in [6, 6.07) is 13.6. The van der Waals surface area contributed by atoms with Crippen molar-refractivity contribution in [2.45, 2.75) is 69.8 Å². The Bertz CT molecular complexity index is 1410. The predicted octanol–water partition coefficient (Wildman–Crippen LogP) is 6.56. The Labute approximate surface area is 236 Å². The van der Waals surface area contributed by atoms with E-state index in [-0.39, 0.29) is 5.69 Å². The molecule has 6 nitrogen and oxygen atoms in total. The molecule has 3 N–H and O–H groups in total. The molecule has 10 heteroatoms. The van der Waals surface area contributed by atoms with E-state index < -0.39 is 52.8 Å². The second kappa shape index (κ2) is 10.4. The number of hydrogen-bond donors (Lipinski definition) is 3. The van der Waals surface area contributed by atoms with E-state index in [0.29, 0.717) is 11.6 Å². The van der Waals surface area contributed by atoms with Gasteiger partial charge in [-0.2, -0.15) is 18.3 Å². The Morgan fingerprint density at radius 3 is 2.35 bits per heavy atom. The lowest BCUT2D eigenvalue weighted by molar-refractivity contribution is -0.145. The summed E-state index contributed by atoms with van der Waals surface area (Å²) in [4.78, 5) is 2.15. The first-order valence-corrected chi connectivity index (χ1v) is 13.9. The zero-order valence-corrected chi connectivity index (χ0v) is 23.3. The van der Waals surface area contributed by atoms with Crippen LogP contribution >= 0.6 is 11.6 Å². The number of halogens is 4. The van der Waals surface area contributed by atoms with Gasteiger partial charge in [0.2, 0.25) is 5.88 Å². The number of anilines is 1. The van der Waals surface area contributed by atoms with Crippen LogP contribution in [0.5, 0.6) is 5.88 Å². The van der Waals surface area contributed by atoms with Crippen molar-refractivity contribution in [2.24, 2.45) is 5.92 Å². The van der Waals surface area contributed by atoms with Crippen molar-refractivity contribution in [1.82, 2.24) is 9.78 Å². The van der Waals surface area contributed by atoms with Gasteiger partial charge in [0, 0.05) is 40.2 Å². The molecule has 1 fully saturated rings. The maximum absolute atomic E-state index is 14.1. The minimum absolute atomic E-state index is 0.227. The summed E-state index contributed by atoms with van der Waals surface area (Å²) in [5.41, 5.74) is 0.614. The summed E-state index contributed by atoms with van der Waals surface area (Å²) in [5, 5.41) is 37.6. The van der Waals surface area contributed by atoms with E-state index in [9.17, 15) is 28.5 Å². The number of hydrogen-bond acceptors (Lipinski definition) is 5. The summed E-state index contributed by atoms with van der Waals surface area (Å²) in [6.45, 7) is 6.88. The fourth-order valence-corrected chi connectivity index (χ4v) is 6.23. The van der Waals surface area contributed by atoms with Crippen molar-refractivity contribution >= 4 is 17.3 Å². The maximum atomic E-state index is 14.1. The topological polar surface area (TPSA) is 81.8 Å². The van der Waals surface area contributed by atoms with E-state index in [1.54, 1.807) is 24.3 Å². The van der Waals surface area contributed by atoms with Gasteiger partial charge in [0.25, 0.3) is 0 Å². The molecule has 40 heavy (non-hydrogen) atoms. The molecule has 214 valence electrons. The van der Waals surface area contributed by atoms with Crippen LogP contribution in [0.3, 0.4) is 0 Å². The number of unbranched alkanes of at least 4 members (excludes halogenated alkanes) is 2. The van der Waals surface area contributed by atoms with Crippen LogP contribution in [0.25, 0.3) is 5.69 Å². The number of benzene rings is 2. The molecule has 2 aliphatic rings. The fraction of sp³-hybridized carbons (Fsp3) is 0.433. The van der Waals surface area contributed by atoms with Gasteiger partial charge >= 0.3 is 6.18 Å². The molecule has 5 rings (SSSR count). The molecule has 1 aromatic heterocycles. The first-order chi connectivity index (χ1) is 18.9. The summed E-state index contributed by atoms with van der Waals surface area (Å²) in [5.74, 6) is -2.97. The molecule has 2 unspecified atom stereocenters. The Balaban J connectivity index is 1.52. The molecule has 1 saturated carbocycles. The van der Waals surface area contributed by atoms with Crippen molar-refractivity contribution in [1.29, 1.82) is 0 Å². The first kappa shape index (κ1) is 28.5. The van der Waals surface area contributed by atoms with Crippen molar-refractivity contribution in [3.63, 3.8) is 0 Å². The summed E-state index contributed by atoms with van der Waals surface area (Å²) in [6.07, 6.45) is -2.89. The SMILES string of the molecule is CCCCCN1C(=CC2C(O)C(c3c(C(F)(F)F)nn(-c4ccccc4)c3O)C2O)C(C)(C)c2cc(Cl)ccc21. The molecule has 0 spiro atoms. The van der Waals surface area contributed by atoms with Gasteiger partial charge in [-0.05, 0) is 42.3 Å². The molecule has 1 aliphatic carbocycles. The van der Waals surface area contributed by atoms with Crippen molar-refractivity contribution in [3.8, 4) is 11.6 Å². The lowest BCUT2D eigenvalue weighted by Gasteiger charge is -2.46. The highest BCUT2D eigenvalue weighted by atomic mass is 35.5. The first-order valence-electron chi connectivity index (χ1n) is 13.5. The largest absolute Gasteiger partial charge is 0.493 e. The summed E-state index contributed by atoms with van der Waals surface area (Å²) in [7, 11) is 0. The van der Waals surface area contributed by atoms with E-state index in [0.717, 1.165) is 40.9 Å². The van der Waals surface area contributed by atoms with Crippen LogP contribution in [0.15, 0.2) is 60.3 Å². The van der Waals surface area contributed by atoms with Gasteiger partial charge in [-0.25, -0.2) is 4.68 Å². The Morgan fingerprint density at radius 1 is 1.05 bits per heavy atom. The Morgan fingerprint density at radius 2 is 1.73 bits per heavy atom. The average Bonchev–Trinajstić information content (AvgIpc) is 3.34.